The van der Waals surface area contributed by atoms with E-state index < -0.39 is 0 Å². The van der Waals surface area contributed by atoms with Gasteiger partial charge in [0.2, 0.25) is 0 Å². The Morgan fingerprint density at radius 1 is 1.05 bits per heavy atom. The number of nitrogens with zero attached hydrogens (tertiary/aromatic N) is 3. The minimum atomic E-state index is 0.543. The van der Waals surface area contributed by atoms with E-state index >= 15 is 0 Å². The van der Waals surface area contributed by atoms with Crippen molar-refractivity contribution in [1.82, 2.24) is 15.0 Å². The fraction of sp³-hybridized carbons (Fsp3) is 0.188. The van der Waals surface area contributed by atoms with E-state index in [4.69, 9.17) is 5.73 Å². The van der Waals surface area contributed by atoms with Crippen LogP contribution in [0.5, 0.6) is 0 Å². The number of nitrogen functional groups attached to an aromatic ring is 1. The van der Waals surface area contributed by atoms with Crippen LogP contribution in [0.2, 0.25) is 0 Å². The first-order valence-electron chi connectivity index (χ1n) is 6.65. The van der Waals surface area contributed by atoms with Crippen molar-refractivity contribution < 1.29 is 0 Å². The maximum Gasteiger partial charge on any atom is 0.132 e. The van der Waals surface area contributed by atoms with Crippen molar-refractivity contribution in [3.8, 4) is 11.3 Å². The number of fused-ring (bicyclic) bond motifs is 1. The molecule has 0 saturated heterocycles. The smallest absolute Gasteiger partial charge is 0.132 e. The zero-order valence-electron chi connectivity index (χ0n) is 11.6. The summed E-state index contributed by atoms with van der Waals surface area (Å²) in [5, 5.41) is 2.00. The van der Waals surface area contributed by atoms with Crippen molar-refractivity contribution in [3.63, 3.8) is 0 Å². The summed E-state index contributed by atoms with van der Waals surface area (Å²) in [5.74, 6) is 0.543. The van der Waals surface area contributed by atoms with Crippen molar-refractivity contribution in [1.29, 1.82) is 0 Å². The lowest BCUT2D eigenvalue weighted by molar-refractivity contribution is 1.10. The van der Waals surface area contributed by atoms with Crippen LogP contribution in [0, 0.1) is 6.92 Å². The van der Waals surface area contributed by atoms with Crippen LogP contribution < -0.4 is 5.73 Å². The molecule has 100 valence electrons. The third-order valence-electron chi connectivity index (χ3n) is 3.63. The van der Waals surface area contributed by atoms with Gasteiger partial charge >= 0.3 is 0 Å². The molecule has 0 aliphatic heterocycles. The van der Waals surface area contributed by atoms with E-state index in [-0.39, 0.29) is 0 Å². The standard InChI is InChI=1S/C16H16N4/c1-3-11-8-18-6-4-12(11)15-10(2)14-9-19-7-5-13(14)16(17)20-15/h4-9H,3H2,1-2H3,(H2,17,20). The quantitative estimate of drug-likeness (QED) is 0.772. The molecule has 4 heteroatoms. The maximum absolute atomic E-state index is 6.10. The molecule has 0 atom stereocenters. The topological polar surface area (TPSA) is 64.7 Å². The molecule has 3 heterocycles. The molecule has 3 aromatic rings. The highest BCUT2D eigenvalue weighted by molar-refractivity contribution is 5.96. The molecule has 0 aliphatic rings. The Bertz CT molecular complexity index is 781. The molecule has 3 rings (SSSR count). The molecule has 3 aromatic heterocycles. The maximum atomic E-state index is 6.10. The molecule has 0 bridgehead atoms. The van der Waals surface area contributed by atoms with Crippen LogP contribution in [0.1, 0.15) is 18.1 Å². The van der Waals surface area contributed by atoms with Gasteiger partial charge in [0.1, 0.15) is 5.82 Å². The van der Waals surface area contributed by atoms with Gasteiger partial charge in [0.05, 0.1) is 5.69 Å². The van der Waals surface area contributed by atoms with Gasteiger partial charge in [0, 0.05) is 41.1 Å². The summed E-state index contributed by atoms with van der Waals surface area (Å²) >= 11 is 0. The molecular weight excluding hydrogens is 248 g/mol. The highest BCUT2D eigenvalue weighted by atomic mass is 14.9. The predicted molar refractivity (Wildman–Crippen MR) is 81.3 cm³/mol. The summed E-state index contributed by atoms with van der Waals surface area (Å²) < 4.78 is 0. The molecule has 20 heavy (non-hydrogen) atoms. The molecule has 0 spiro atoms. The predicted octanol–water partition coefficient (Wildman–Crippen LogP) is 3.14. The van der Waals surface area contributed by atoms with Gasteiger partial charge in [-0.1, -0.05) is 6.92 Å². The van der Waals surface area contributed by atoms with Crippen LogP contribution in [0.3, 0.4) is 0 Å². The summed E-state index contributed by atoms with van der Waals surface area (Å²) in [6.07, 6.45) is 8.18. The first-order chi connectivity index (χ1) is 9.72. The van der Waals surface area contributed by atoms with E-state index in [2.05, 4.69) is 28.8 Å². The Morgan fingerprint density at radius 2 is 1.80 bits per heavy atom. The molecule has 0 radical (unpaired) electrons. The van der Waals surface area contributed by atoms with Crippen molar-refractivity contribution in [2.24, 2.45) is 0 Å². The van der Waals surface area contributed by atoms with E-state index in [9.17, 15) is 0 Å². The third-order valence-corrected chi connectivity index (χ3v) is 3.63. The monoisotopic (exact) mass is 264 g/mol. The molecule has 0 aliphatic carbocycles. The zero-order valence-corrected chi connectivity index (χ0v) is 11.6. The molecule has 4 nitrogen and oxygen atoms in total. The summed E-state index contributed by atoms with van der Waals surface area (Å²) in [5.41, 5.74) is 10.4. The van der Waals surface area contributed by atoms with E-state index in [1.54, 1.807) is 12.4 Å². The Balaban J connectivity index is 2.35. The first kappa shape index (κ1) is 12.5. The lowest BCUT2D eigenvalue weighted by Crippen LogP contribution is -2.00. The summed E-state index contributed by atoms with van der Waals surface area (Å²) in [6.45, 7) is 4.17. The highest BCUT2D eigenvalue weighted by Gasteiger charge is 2.13. The van der Waals surface area contributed by atoms with Crippen molar-refractivity contribution in [2.75, 3.05) is 5.73 Å². The third kappa shape index (κ3) is 1.90. The van der Waals surface area contributed by atoms with Crippen molar-refractivity contribution >= 4 is 16.6 Å². The number of aryl methyl sites for hydroxylation is 2. The van der Waals surface area contributed by atoms with E-state index in [1.807, 2.05) is 24.5 Å². The van der Waals surface area contributed by atoms with Crippen LogP contribution in [0.15, 0.2) is 36.9 Å². The molecule has 2 N–H and O–H groups in total. The van der Waals surface area contributed by atoms with Gasteiger partial charge in [0.15, 0.2) is 0 Å². The van der Waals surface area contributed by atoms with Crippen molar-refractivity contribution in [2.45, 2.75) is 20.3 Å². The average Bonchev–Trinajstić information content (AvgIpc) is 2.51. The van der Waals surface area contributed by atoms with Gasteiger partial charge in [-0.3, -0.25) is 9.97 Å². The van der Waals surface area contributed by atoms with E-state index in [0.717, 1.165) is 34.0 Å². The number of hydrogen-bond donors (Lipinski definition) is 1. The minimum absolute atomic E-state index is 0.543. The summed E-state index contributed by atoms with van der Waals surface area (Å²) in [6, 6.07) is 3.90. The number of rotatable bonds is 2. The highest BCUT2D eigenvalue weighted by Crippen LogP contribution is 2.31. The molecule has 0 aromatic carbocycles. The Morgan fingerprint density at radius 3 is 2.60 bits per heavy atom. The number of aromatic nitrogens is 3. The second-order valence-electron chi connectivity index (χ2n) is 4.78. The van der Waals surface area contributed by atoms with Gasteiger partial charge in [0.25, 0.3) is 0 Å². The minimum Gasteiger partial charge on any atom is -0.383 e. The van der Waals surface area contributed by atoms with Crippen LogP contribution in [0.25, 0.3) is 22.0 Å². The largest absolute Gasteiger partial charge is 0.383 e. The molecule has 0 amide bonds. The average molecular weight is 264 g/mol. The lowest BCUT2D eigenvalue weighted by atomic mass is 9.98. The molecule has 0 saturated carbocycles. The van der Waals surface area contributed by atoms with Gasteiger partial charge < -0.3 is 5.73 Å². The summed E-state index contributed by atoms with van der Waals surface area (Å²) in [4.78, 5) is 13.0. The fourth-order valence-corrected chi connectivity index (χ4v) is 2.51. The SMILES string of the molecule is CCc1cnccc1-c1nc(N)c2ccncc2c1C. The number of anilines is 1. The van der Waals surface area contributed by atoms with Gasteiger partial charge in [-0.25, -0.2) is 4.98 Å². The number of nitrogens with two attached hydrogens (primary N) is 1. The van der Waals surface area contributed by atoms with E-state index in [1.165, 1.54) is 5.56 Å². The van der Waals surface area contributed by atoms with Crippen LogP contribution in [-0.2, 0) is 6.42 Å². The van der Waals surface area contributed by atoms with Crippen LogP contribution >= 0.6 is 0 Å². The van der Waals surface area contributed by atoms with Crippen molar-refractivity contribution in [3.05, 3.63) is 48.0 Å². The van der Waals surface area contributed by atoms with Gasteiger partial charge in [-0.05, 0) is 36.6 Å². The zero-order chi connectivity index (χ0) is 14.1. The summed E-state index contributed by atoms with van der Waals surface area (Å²) in [7, 11) is 0. The van der Waals surface area contributed by atoms with Gasteiger partial charge in [-0.15, -0.1) is 0 Å². The Labute approximate surface area is 117 Å². The molecular formula is C16H16N4. The fourth-order valence-electron chi connectivity index (χ4n) is 2.51. The van der Waals surface area contributed by atoms with Crippen LogP contribution in [0.4, 0.5) is 5.82 Å². The molecule has 0 unspecified atom stereocenters. The van der Waals surface area contributed by atoms with E-state index in [0.29, 0.717) is 5.82 Å². The molecule has 0 fully saturated rings. The van der Waals surface area contributed by atoms with Crippen LogP contribution in [-0.4, -0.2) is 15.0 Å². The number of hydrogen-bond acceptors (Lipinski definition) is 4. The second-order valence-corrected chi connectivity index (χ2v) is 4.78. The Kier molecular flexibility index (Phi) is 3.06. The normalized spacial score (nSPS) is 10.9. The lowest BCUT2D eigenvalue weighted by Gasteiger charge is -2.13. The first-order valence-corrected chi connectivity index (χ1v) is 6.65. The Hall–Kier alpha value is -2.49. The van der Waals surface area contributed by atoms with Gasteiger partial charge in [-0.2, -0.15) is 0 Å². The number of pyridine rings is 3. The second kappa shape index (κ2) is 4.89.